The minimum Gasteiger partial charge on any atom is -0.309 e. The van der Waals surface area contributed by atoms with Crippen molar-refractivity contribution in [3.63, 3.8) is 0 Å². The summed E-state index contributed by atoms with van der Waals surface area (Å²) in [6.45, 7) is 0. The zero-order chi connectivity index (χ0) is 99.1. The highest BCUT2D eigenvalue weighted by Gasteiger charge is 2.28. The molecule has 9 aromatic heterocycles. The molecule has 0 saturated carbocycles. The Kier molecular flexibility index (Phi) is 21.6. The van der Waals surface area contributed by atoms with Gasteiger partial charge in [0.25, 0.3) is 0 Å². The second-order valence-electron chi connectivity index (χ2n) is 37.8. The molecule has 0 amide bonds. The van der Waals surface area contributed by atoms with Crippen LogP contribution in [0.3, 0.4) is 0 Å². The minimum atomic E-state index is 0.639. The summed E-state index contributed by atoms with van der Waals surface area (Å²) in [5.41, 5.74) is 33.6. The van der Waals surface area contributed by atoms with E-state index in [9.17, 15) is 0 Å². The van der Waals surface area contributed by atoms with E-state index in [-0.39, 0.29) is 0 Å². The molecule has 30 rings (SSSR count). The van der Waals surface area contributed by atoms with Crippen LogP contribution < -0.4 is 0 Å². The van der Waals surface area contributed by atoms with Crippen molar-refractivity contribution in [3.8, 4) is 136 Å². The lowest BCUT2D eigenvalue weighted by Gasteiger charge is -2.12. The Morgan fingerprint density at radius 2 is 0.293 bits per heavy atom. The van der Waals surface area contributed by atoms with Crippen LogP contribution in [0.5, 0.6) is 0 Å². The Bertz CT molecular complexity index is 9270. The fraction of sp³-hybridized carbons (Fsp3) is 0. The first-order chi connectivity index (χ1) is 74.4. The molecule has 0 unspecified atom stereocenters. The van der Waals surface area contributed by atoms with Gasteiger partial charge in [-0.25, -0.2) is 34.9 Å². The predicted molar refractivity (Wildman–Crippen MR) is 619 cm³/mol. The summed E-state index contributed by atoms with van der Waals surface area (Å²) < 4.78 is 14.4. The molecule has 0 N–H and O–H groups in total. The van der Waals surface area contributed by atoms with Crippen molar-refractivity contribution in [2.75, 3.05) is 0 Å². The van der Waals surface area contributed by atoms with Gasteiger partial charge in [0, 0.05) is 149 Å². The highest BCUT2D eigenvalue weighted by molar-refractivity contribution is 6.29. The molecule has 150 heavy (non-hydrogen) atoms. The van der Waals surface area contributed by atoms with Gasteiger partial charge in [-0.3, -0.25) is 0 Å². The van der Waals surface area contributed by atoms with E-state index in [1.165, 1.54) is 120 Å². The molecule has 0 aliphatic heterocycles. The van der Waals surface area contributed by atoms with Crippen molar-refractivity contribution in [3.05, 3.63) is 540 Å². The molecule has 0 bridgehead atoms. The van der Waals surface area contributed by atoms with Crippen LogP contribution in [0.2, 0.25) is 0 Å². The van der Waals surface area contributed by atoms with Crippen LogP contribution in [0.1, 0.15) is 0 Å². The lowest BCUT2D eigenvalue weighted by molar-refractivity contribution is 1.07. The molecule has 0 atom stereocenters. The van der Waals surface area contributed by atoms with Crippen LogP contribution in [0, 0.1) is 0 Å². The van der Waals surface area contributed by atoms with E-state index in [1.807, 2.05) is 133 Å². The van der Waals surface area contributed by atoms with Gasteiger partial charge in [0.1, 0.15) is 0 Å². The maximum absolute atomic E-state index is 5.06. The van der Waals surface area contributed by atoms with Gasteiger partial charge >= 0.3 is 0 Å². The van der Waals surface area contributed by atoms with Gasteiger partial charge in [0.2, 0.25) is 0 Å². The lowest BCUT2D eigenvalue weighted by Crippen LogP contribution is -2.00. The molecule has 0 aliphatic rings. The highest BCUT2D eigenvalue weighted by atomic mass is 15.1. The monoisotopic (exact) mass is 1920 g/mol. The molecule has 0 aliphatic carbocycles. The molecule has 21 aromatic carbocycles. The van der Waals surface area contributed by atoms with Gasteiger partial charge in [0.05, 0.1) is 89.0 Å². The van der Waals surface area contributed by atoms with Crippen molar-refractivity contribution in [2.24, 2.45) is 0 Å². The summed E-state index contributed by atoms with van der Waals surface area (Å²) in [4.78, 5) is 34.9. The zero-order valence-corrected chi connectivity index (χ0v) is 81.2. The van der Waals surface area contributed by atoms with E-state index in [0.717, 1.165) is 118 Å². The third kappa shape index (κ3) is 15.2. The number of benzene rings is 21. The number of nitrogens with zero attached hydrogens (tertiary/aromatic N) is 13. The smallest absolute Gasteiger partial charge is 0.164 e. The first-order valence-corrected chi connectivity index (χ1v) is 50.7. The molecule has 0 saturated heterocycles. The second-order valence-corrected chi connectivity index (χ2v) is 37.8. The van der Waals surface area contributed by atoms with Crippen molar-refractivity contribution in [1.29, 1.82) is 0 Å². The minimum absolute atomic E-state index is 0.639. The Hall–Kier alpha value is -20.4. The Morgan fingerprint density at radius 3 is 0.547 bits per heavy atom. The first kappa shape index (κ1) is 87.4. The standard InChI is InChI=1S/2C46H30N4.C45H29N5/c1-4-14-31(15-5-1)39-30-40(48-46(47-39)33-16-6-2-7-17-33)32-24-26-35(27-25-32)49-42-23-13-11-21-38(42)44-43(49)29-28-37-36-20-10-12-22-41(36)50(45(37)44)34-18-8-3-9-19-34;1-4-14-31(15-5-1)39-30-40(32-16-6-2-7-17-32)48-46(47-39)33-24-26-35(27-25-33)49-42-23-13-11-21-38(42)44-43(49)29-28-37-36-20-10-12-22-41(36)50(45(37)44)34-18-8-3-9-19-34;1-4-14-30(15-5-1)43-46-44(31-16-6-2-7-17-31)48-45(47-43)32-24-26-34(27-25-32)49-39-23-13-11-21-37(39)41-40(49)29-28-36-35-20-10-12-22-38(35)50(42(36)41)33-18-8-3-9-19-33/h2*1-30H;1-29H. The van der Waals surface area contributed by atoms with E-state index in [1.54, 1.807) is 0 Å². The molecule has 9 heterocycles. The molecule has 702 valence electrons. The third-order valence-corrected chi connectivity index (χ3v) is 29.0. The van der Waals surface area contributed by atoms with Crippen LogP contribution in [0.25, 0.3) is 267 Å². The van der Waals surface area contributed by atoms with Crippen LogP contribution >= 0.6 is 0 Å². The molecule has 0 fully saturated rings. The normalized spacial score (nSPS) is 11.6. The van der Waals surface area contributed by atoms with Crippen LogP contribution in [0.4, 0.5) is 0 Å². The molecule has 0 spiro atoms. The van der Waals surface area contributed by atoms with Crippen molar-refractivity contribution >= 4 is 131 Å². The fourth-order valence-corrected chi connectivity index (χ4v) is 22.3. The zero-order valence-electron chi connectivity index (χ0n) is 81.2. The van der Waals surface area contributed by atoms with Gasteiger partial charge in [-0.2, -0.15) is 0 Å². The average Bonchev–Trinajstić information content (AvgIpc) is 1.55. The molecule has 13 nitrogen and oxygen atoms in total. The molecular weight excluding hydrogens is 1830 g/mol. The predicted octanol–water partition coefficient (Wildman–Crippen LogP) is 34.4. The van der Waals surface area contributed by atoms with E-state index >= 15 is 0 Å². The van der Waals surface area contributed by atoms with Gasteiger partial charge in [-0.05, 0) is 164 Å². The summed E-state index contributed by atoms with van der Waals surface area (Å²) >= 11 is 0. The number of hydrogen-bond donors (Lipinski definition) is 0. The first-order valence-electron chi connectivity index (χ1n) is 50.7. The summed E-state index contributed by atoms with van der Waals surface area (Å²) in [5, 5.41) is 14.9. The average molecular weight is 1920 g/mol. The Labute approximate surface area is 863 Å². The molecule has 0 radical (unpaired) electrons. The Morgan fingerprint density at radius 1 is 0.113 bits per heavy atom. The third-order valence-electron chi connectivity index (χ3n) is 29.0. The van der Waals surface area contributed by atoms with Crippen LogP contribution in [0.15, 0.2) is 540 Å². The fourth-order valence-electron chi connectivity index (χ4n) is 22.3. The van der Waals surface area contributed by atoms with Crippen molar-refractivity contribution in [2.45, 2.75) is 0 Å². The molecule has 30 aromatic rings. The van der Waals surface area contributed by atoms with Crippen LogP contribution in [-0.4, -0.2) is 62.3 Å². The van der Waals surface area contributed by atoms with E-state index < -0.39 is 0 Å². The Balaban J connectivity index is 0.000000108. The second kappa shape index (κ2) is 37.1. The quantitative estimate of drug-likeness (QED) is 0.100. The largest absolute Gasteiger partial charge is 0.309 e. The van der Waals surface area contributed by atoms with Crippen molar-refractivity contribution in [1.82, 2.24) is 62.3 Å². The highest BCUT2D eigenvalue weighted by Crippen LogP contribution is 2.48. The number of aromatic nitrogens is 13. The van der Waals surface area contributed by atoms with Crippen molar-refractivity contribution < 1.29 is 0 Å². The number of rotatable bonds is 15. The summed E-state index contributed by atoms with van der Waals surface area (Å²) in [5.74, 6) is 3.36. The number of para-hydroxylation sites is 9. The van der Waals surface area contributed by atoms with Crippen LogP contribution in [-0.2, 0) is 0 Å². The topological polar surface area (TPSA) is 120 Å². The maximum atomic E-state index is 5.06. The van der Waals surface area contributed by atoms with E-state index in [0.29, 0.717) is 29.1 Å². The molecule has 13 heteroatoms. The molecular formula is C137H89N13. The summed E-state index contributed by atoms with van der Waals surface area (Å²) in [6, 6.07) is 190. The SMILES string of the molecule is c1ccc(-c2cc(-c3ccc(-n4c5ccccc5c5c4ccc4c6ccccc6n(-c6ccccc6)c45)cc3)nc(-c3ccccc3)n2)cc1.c1ccc(-c2cc(-c3ccccc3)nc(-c3ccc(-n4c5ccccc5c5c4ccc4c6ccccc6n(-c6ccccc6)c45)cc3)n2)cc1.c1ccc(-c2nc(-c3ccccc3)nc(-c3ccc(-n4c5ccccc5c5c4ccc4c6ccccc6n(-c6ccccc6)c45)cc3)n2)cc1. The number of fused-ring (bicyclic) bond motifs is 21. The summed E-state index contributed by atoms with van der Waals surface area (Å²) in [6.07, 6.45) is 0. The number of hydrogen-bond acceptors (Lipinski definition) is 7. The van der Waals surface area contributed by atoms with Gasteiger partial charge in [-0.1, -0.05) is 376 Å². The van der Waals surface area contributed by atoms with Gasteiger partial charge < -0.3 is 27.4 Å². The van der Waals surface area contributed by atoms with Gasteiger partial charge in [0.15, 0.2) is 29.1 Å². The lowest BCUT2D eigenvalue weighted by atomic mass is 10.1. The van der Waals surface area contributed by atoms with Gasteiger partial charge in [-0.15, -0.1) is 0 Å². The maximum Gasteiger partial charge on any atom is 0.164 e. The van der Waals surface area contributed by atoms with E-state index in [4.69, 9.17) is 34.9 Å². The summed E-state index contributed by atoms with van der Waals surface area (Å²) in [7, 11) is 0. The van der Waals surface area contributed by atoms with E-state index in [2.05, 4.69) is 434 Å².